The molecule has 1 saturated carbocycles. The summed E-state index contributed by atoms with van der Waals surface area (Å²) in [5.74, 6) is -0.267. The number of rotatable bonds is 5. The van der Waals surface area contributed by atoms with Gasteiger partial charge in [-0.1, -0.05) is 31.4 Å². The van der Waals surface area contributed by atoms with Gasteiger partial charge in [-0.2, -0.15) is 0 Å². The van der Waals surface area contributed by atoms with Gasteiger partial charge in [-0.15, -0.1) is 0 Å². The molecule has 1 fully saturated rings. The number of hydrogen-bond acceptors (Lipinski definition) is 4. The van der Waals surface area contributed by atoms with Crippen molar-refractivity contribution < 1.29 is 9.59 Å². The van der Waals surface area contributed by atoms with Gasteiger partial charge in [0.1, 0.15) is 0 Å². The summed E-state index contributed by atoms with van der Waals surface area (Å²) in [6, 6.07) is 9.21. The standard InChI is InChI=1S/C20H23N3O2/c1-14(24)15-6-5-9-18(10-15)23-20(25)16-11-19(13-21-12-16)22-17-7-3-2-4-8-17/h5-6,9-13,17,22H,2-4,7-8H2,1H3,(H,23,25). The number of carbonyl (C=O) groups excluding carboxylic acids is 2. The Hall–Kier alpha value is -2.69. The first-order valence-electron chi connectivity index (χ1n) is 8.76. The van der Waals surface area contributed by atoms with E-state index in [1.165, 1.54) is 26.2 Å². The first-order valence-corrected chi connectivity index (χ1v) is 8.76. The van der Waals surface area contributed by atoms with Crippen LogP contribution in [0.2, 0.25) is 0 Å². The van der Waals surface area contributed by atoms with Crippen molar-refractivity contribution in [2.75, 3.05) is 10.6 Å². The van der Waals surface area contributed by atoms with Crippen LogP contribution in [0.3, 0.4) is 0 Å². The Bertz CT molecular complexity index is 767. The topological polar surface area (TPSA) is 71.1 Å². The van der Waals surface area contributed by atoms with Crippen molar-refractivity contribution in [2.24, 2.45) is 0 Å². The average molecular weight is 337 g/mol. The zero-order valence-electron chi connectivity index (χ0n) is 14.4. The third-order valence-corrected chi connectivity index (χ3v) is 4.50. The number of nitrogens with one attached hydrogen (secondary N) is 2. The van der Waals surface area contributed by atoms with Gasteiger partial charge in [0.25, 0.3) is 5.91 Å². The molecule has 1 aromatic carbocycles. The van der Waals surface area contributed by atoms with Gasteiger partial charge in [0.05, 0.1) is 11.3 Å². The highest BCUT2D eigenvalue weighted by Gasteiger charge is 2.14. The molecule has 0 unspecified atom stereocenters. The lowest BCUT2D eigenvalue weighted by molar-refractivity contribution is 0.101. The van der Waals surface area contributed by atoms with Gasteiger partial charge in [0.15, 0.2) is 5.78 Å². The Morgan fingerprint density at radius 1 is 1.00 bits per heavy atom. The molecule has 2 N–H and O–H groups in total. The SMILES string of the molecule is CC(=O)c1cccc(NC(=O)c2cncc(NC3CCCCC3)c2)c1. The van der Waals surface area contributed by atoms with E-state index >= 15 is 0 Å². The van der Waals surface area contributed by atoms with E-state index in [1.54, 1.807) is 36.7 Å². The molecule has 0 saturated heterocycles. The molecule has 0 aliphatic heterocycles. The lowest BCUT2D eigenvalue weighted by Crippen LogP contribution is -2.22. The lowest BCUT2D eigenvalue weighted by atomic mass is 9.95. The van der Waals surface area contributed by atoms with Crippen molar-refractivity contribution in [3.8, 4) is 0 Å². The van der Waals surface area contributed by atoms with Gasteiger partial charge in [-0.05, 0) is 38.0 Å². The quantitative estimate of drug-likeness (QED) is 0.799. The molecule has 0 bridgehead atoms. The number of amides is 1. The second-order valence-electron chi connectivity index (χ2n) is 6.53. The fourth-order valence-corrected chi connectivity index (χ4v) is 3.14. The highest BCUT2D eigenvalue weighted by molar-refractivity contribution is 6.05. The van der Waals surface area contributed by atoms with Crippen LogP contribution in [0.25, 0.3) is 0 Å². The van der Waals surface area contributed by atoms with E-state index in [2.05, 4.69) is 15.6 Å². The molecule has 0 spiro atoms. The fraction of sp³-hybridized carbons (Fsp3) is 0.350. The number of anilines is 2. The Labute approximate surface area is 147 Å². The predicted molar refractivity (Wildman–Crippen MR) is 99.1 cm³/mol. The third kappa shape index (κ3) is 4.66. The maximum Gasteiger partial charge on any atom is 0.257 e. The number of Topliss-reactive ketones (excluding diaryl/α,β-unsaturated/α-hetero) is 1. The summed E-state index contributed by atoms with van der Waals surface area (Å²) in [6.07, 6.45) is 9.42. The Kier molecular flexibility index (Phi) is 5.43. The number of ketones is 1. The highest BCUT2D eigenvalue weighted by Crippen LogP contribution is 2.22. The second kappa shape index (κ2) is 7.92. The number of hydrogen-bond donors (Lipinski definition) is 2. The first-order chi connectivity index (χ1) is 12.1. The summed E-state index contributed by atoms with van der Waals surface area (Å²) in [6.45, 7) is 1.51. The van der Waals surface area contributed by atoms with Gasteiger partial charge in [-0.25, -0.2) is 0 Å². The number of pyridine rings is 1. The van der Waals surface area contributed by atoms with Crippen LogP contribution in [0, 0.1) is 0 Å². The average Bonchev–Trinajstić information content (AvgIpc) is 2.63. The molecule has 25 heavy (non-hydrogen) atoms. The zero-order valence-corrected chi connectivity index (χ0v) is 14.4. The number of benzene rings is 1. The molecule has 1 aliphatic rings. The van der Waals surface area contributed by atoms with Crippen LogP contribution in [-0.2, 0) is 0 Å². The maximum atomic E-state index is 12.5. The van der Waals surface area contributed by atoms with Crippen LogP contribution in [-0.4, -0.2) is 22.7 Å². The molecule has 3 rings (SSSR count). The normalized spacial score (nSPS) is 14.8. The summed E-state index contributed by atoms with van der Waals surface area (Å²) in [7, 11) is 0. The zero-order chi connectivity index (χ0) is 17.6. The largest absolute Gasteiger partial charge is 0.381 e. The molecule has 1 amide bonds. The van der Waals surface area contributed by atoms with Crippen molar-refractivity contribution in [1.82, 2.24) is 4.98 Å². The summed E-state index contributed by atoms with van der Waals surface area (Å²) < 4.78 is 0. The minimum Gasteiger partial charge on any atom is -0.381 e. The first kappa shape index (κ1) is 17.1. The van der Waals surface area contributed by atoms with E-state index in [9.17, 15) is 9.59 Å². The minimum atomic E-state index is -0.236. The summed E-state index contributed by atoms with van der Waals surface area (Å²) in [5.41, 5.74) is 2.54. The molecular weight excluding hydrogens is 314 g/mol. The van der Waals surface area contributed by atoms with E-state index in [0.717, 1.165) is 18.5 Å². The molecule has 5 nitrogen and oxygen atoms in total. The van der Waals surface area contributed by atoms with Crippen molar-refractivity contribution in [3.63, 3.8) is 0 Å². The van der Waals surface area contributed by atoms with Gasteiger partial charge in [0.2, 0.25) is 0 Å². The van der Waals surface area contributed by atoms with E-state index in [-0.39, 0.29) is 11.7 Å². The fourth-order valence-electron chi connectivity index (χ4n) is 3.14. The molecule has 0 radical (unpaired) electrons. The minimum absolute atomic E-state index is 0.0311. The van der Waals surface area contributed by atoms with E-state index in [4.69, 9.17) is 0 Å². The number of aromatic nitrogens is 1. The molecule has 5 heteroatoms. The summed E-state index contributed by atoms with van der Waals surface area (Å²) in [4.78, 5) is 28.1. The second-order valence-corrected chi connectivity index (χ2v) is 6.53. The van der Waals surface area contributed by atoms with Gasteiger partial charge in [0, 0.05) is 29.7 Å². The molecular formula is C20H23N3O2. The van der Waals surface area contributed by atoms with E-state index < -0.39 is 0 Å². The van der Waals surface area contributed by atoms with Crippen molar-refractivity contribution in [3.05, 3.63) is 53.9 Å². The highest BCUT2D eigenvalue weighted by atomic mass is 16.1. The van der Waals surface area contributed by atoms with Gasteiger partial charge >= 0.3 is 0 Å². The van der Waals surface area contributed by atoms with Crippen LogP contribution < -0.4 is 10.6 Å². The van der Waals surface area contributed by atoms with E-state index in [1.807, 2.05) is 6.07 Å². The molecule has 1 heterocycles. The predicted octanol–water partition coefficient (Wildman–Crippen LogP) is 4.28. The molecule has 1 aliphatic carbocycles. The number of carbonyl (C=O) groups is 2. The van der Waals surface area contributed by atoms with Crippen LogP contribution in [0.1, 0.15) is 59.7 Å². The van der Waals surface area contributed by atoms with Crippen LogP contribution in [0.4, 0.5) is 11.4 Å². The molecule has 130 valence electrons. The van der Waals surface area contributed by atoms with E-state index in [0.29, 0.717) is 22.9 Å². The molecule has 1 aromatic heterocycles. The Morgan fingerprint density at radius 2 is 1.76 bits per heavy atom. The lowest BCUT2D eigenvalue weighted by Gasteiger charge is -2.23. The monoisotopic (exact) mass is 337 g/mol. The van der Waals surface area contributed by atoms with Crippen LogP contribution in [0.15, 0.2) is 42.7 Å². The molecule has 2 aromatic rings. The van der Waals surface area contributed by atoms with Gasteiger partial charge in [-0.3, -0.25) is 14.6 Å². The maximum absolute atomic E-state index is 12.5. The summed E-state index contributed by atoms with van der Waals surface area (Å²) >= 11 is 0. The number of nitrogens with zero attached hydrogens (tertiary/aromatic N) is 1. The Balaban J connectivity index is 1.68. The van der Waals surface area contributed by atoms with Crippen molar-refractivity contribution >= 4 is 23.1 Å². The summed E-state index contributed by atoms with van der Waals surface area (Å²) in [5, 5.41) is 6.30. The van der Waals surface area contributed by atoms with Crippen LogP contribution in [0.5, 0.6) is 0 Å². The third-order valence-electron chi connectivity index (χ3n) is 4.50. The smallest absolute Gasteiger partial charge is 0.257 e. The van der Waals surface area contributed by atoms with Crippen molar-refractivity contribution in [2.45, 2.75) is 45.1 Å². The Morgan fingerprint density at radius 3 is 2.52 bits per heavy atom. The van der Waals surface area contributed by atoms with Gasteiger partial charge < -0.3 is 10.6 Å². The van der Waals surface area contributed by atoms with Crippen LogP contribution >= 0.6 is 0 Å². The molecule has 0 atom stereocenters. The van der Waals surface area contributed by atoms with Crippen molar-refractivity contribution in [1.29, 1.82) is 0 Å².